The van der Waals surface area contributed by atoms with Gasteiger partial charge in [-0.05, 0) is 26.0 Å². The minimum Gasteiger partial charge on any atom is -0.480 e. The SMILES string of the molecule is Cc1ccc(-n2ncc3c(SC(C)C(=O)O)ncnc32)cc1. The third kappa shape index (κ3) is 2.67. The molecule has 6 nitrogen and oxygen atoms in total. The summed E-state index contributed by atoms with van der Waals surface area (Å²) < 4.78 is 1.73. The number of hydrogen-bond acceptors (Lipinski definition) is 5. The summed E-state index contributed by atoms with van der Waals surface area (Å²) in [6, 6.07) is 7.95. The van der Waals surface area contributed by atoms with Crippen LogP contribution in [-0.4, -0.2) is 36.1 Å². The molecule has 0 radical (unpaired) electrons. The van der Waals surface area contributed by atoms with Gasteiger partial charge in [0.15, 0.2) is 5.65 Å². The highest BCUT2D eigenvalue weighted by Crippen LogP contribution is 2.28. The Hall–Kier alpha value is -2.41. The van der Waals surface area contributed by atoms with Crippen LogP contribution in [0.25, 0.3) is 16.7 Å². The Bertz CT molecular complexity index is 829. The molecule has 0 spiro atoms. The lowest BCUT2D eigenvalue weighted by Gasteiger charge is -2.06. The van der Waals surface area contributed by atoms with Crippen LogP contribution in [0.1, 0.15) is 12.5 Å². The van der Waals surface area contributed by atoms with Crippen LogP contribution < -0.4 is 0 Å². The van der Waals surface area contributed by atoms with E-state index in [0.29, 0.717) is 10.7 Å². The Morgan fingerprint density at radius 1 is 1.27 bits per heavy atom. The molecule has 0 aliphatic heterocycles. The van der Waals surface area contributed by atoms with Gasteiger partial charge >= 0.3 is 5.97 Å². The predicted molar refractivity (Wildman–Crippen MR) is 84.4 cm³/mol. The number of rotatable bonds is 4. The minimum atomic E-state index is -0.873. The van der Waals surface area contributed by atoms with E-state index in [0.717, 1.165) is 11.1 Å². The van der Waals surface area contributed by atoms with Crippen LogP contribution in [-0.2, 0) is 4.79 Å². The molecular formula is C15H14N4O2S. The van der Waals surface area contributed by atoms with Crippen molar-refractivity contribution in [1.29, 1.82) is 0 Å². The quantitative estimate of drug-likeness (QED) is 0.589. The largest absolute Gasteiger partial charge is 0.480 e. The Morgan fingerprint density at radius 2 is 2.00 bits per heavy atom. The molecule has 0 aliphatic rings. The maximum absolute atomic E-state index is 11.0. The smallest absolute Gasteiger partial charge is 0.316 e. The summed E-state index contributed by atoms with van der Waals surface area (Å²) in [6.45, 7) is 3.65. The molecule has 0 aliphatic carbocycles. The van der Waals surface area contributed by atoms with E-state index in [1.807, 2.05) is 31.2 Å². The molecule has 0 saturated carbocycles. The van der Waals surface area contributed by atoms with Gasteiger partial charge in [0, 0.05) is 0 Å². The summed E-state index contributed by atoms with van der Waals surface area (Å²) in [6.07, 6.45) is 3.11. The van der Waals surface area contributed by atoms with Gasteiger partial charge in [-0.25, -0.2) is 14.6 Å². The number of benzene rings is 1. The van der Waals surface area contributed by atoms with Gasteiger partial charge in [-0.15, -0.1) is 0 Å². The molecule has 1 aromatic carbocycles. The van der Waals surface area contributed by atoms with E-state index in [1.165, 1.54) is 23.7 Å². The molecular weight excluding hydrogens is 300 g/mol. The zero-order valence-corrected chi connectivity index (χ0v) is 12.9. The monoisotopic (exact) mass is 314 g/mol. The summed E-state index contributed by atoms with van der Waals surface area (Å²) in [5.41, 5.74) is 2.74. The lowest BCUT2D eigenvalue weighted by atomic mass is 10.2. The molecule has 0 fully saturated rings. The maximum Gasteiger partial charge on any atom is 0.316 e. The Labute approximate surface area is 131 Å². The number of nitrogens with zero attached hydrogens (tertiary/aromatic N) is 4. The second-order valence-corrected chi connectivity index (χ2v) is 6.24. The van der Waals surface area contributed by atoms with Gasteiger partial charge < -0.3 is 5.11 Å². The number of aliphatic carboxylic acids is 1. The predicted octanol–water partition coefficient (Wildman–Crippen LogP) is 2.69. The summed E-state index contributed by atoms with van der Waals surface area (Å²) in [5.74, 6) is -0.873. The molecule has 2 heterocycles. The van der Waals surface area contributed by atoms with Gasteiger partial charge in [0.1, 0.15) is 16.6 Å². The standard InChI is InChI=1S/C15H14N4O2S/c1-9-3-5-11(6-4-9)19-13-12(7-18-19)14(17-8-16-13)22-10(2)15(20)21/h3-8,10H,1-2H3,(H,20,21). The fourth-order valence-electron chi connectivity index (χ4n) is 2.01. The van der Waals surface area contributed by atoms with Gasteiger partial charge in [-0.1, -0.05) is 29.5 Å². The number of carboxylic acid groups (broad SMARTS) is 1. The van der Waals surface area contributed by atoms with Crippen molar-refractivity contribution >= 4 is 28.8 Å². The summed E-state index contributed by atoms with van der Waals surface area (Å²) in [5, 5.41) is 14.2. The molecule has 112 valence electrons. The molecule has 1 unspecified atom stereocenters. The van der Waals surface area contributed by atoms with Crippen LogP contribution in [0.2, 0.25) is 0 Å². The number of aromatic nitrogens is 4. The van der Waals surface area contributed by atoms with E-state index in [2.05, 4.69) is 15.1 Å². The third-order valence-corrected chi connectivity index (χ3v) is 4.35. The number of carbonyl (C=O) groups is 1. The van der Waals surface area contributed by atoms with Crippen LogP contribution in [0.4, 0.5) is 0 Å². The zero-order valence-electron chi connectivity index (χ0n) is 12.1. The molecule has 3 aromatic rings. The van der Waals surface area contributed by atoms with E-state index < -0.39 is 11.2 Å². The summed E-state index contributed by atoms with van der Waals surface area (Å²) in [4.78, 5) is 19.5. The van der Waals surface area contributed by atoms with Crippen molar-refractivity contribution in [3.63, 3.8) is 0 Å². The minimum absolute atomic E-state index is 0.583. The molecule has 0 amide bonds. The second kappa shape index (κ2) is 5.76. The van der Waals surface area contributed by atoms with Gasteiger partial charge in [-0.2, -0.15) is 5.10 Å². The average Bonchev–Trinajstić information content (AvgIpc) is 2.93. The van der Waals surface area contributed by atoms with E-state index >= 15 is 0 Å². The van der Waals surface area contributed by atoms with E-state index in [-0.39, 0.29) is 0 Å². The van der Waals surface area contributed by atoms with Crippen LogP contribution in [0.15, 0.2) is 41.8 Å². The summed E-state index contributed by atoms with van der Waals surface area (Å²) >= 11 is 1.19. The van der Waals surface area contributed by atoms with Gasteiger partial charge in [0.25, 0.3) is 0 Å². The van der Waals surface area contributed by atoms with Gasteiger partial charge in [0.2, 0.25) is 0 Å². The number of hydrogen-bond donors (Lipinski definition) is 1. The van der Waals surface area contributed by atoms with E-state index in [9.17, 15) is 4.79 Å². The molecule has 7 heteroatoms. The Balaban J connectivity index is 2.05. The van der Waals surface area contributed by atoms with Gasteiger partial charge in [-0.3, -0.25) is 4.79 Å². The lowest BCUT2D eigenvalue weighted by molar-refractivity contribution is -0.136. The fourth-order valence-corrected chi connectivity index (χ4v) is 2.82. The maximum atomic E-state index is 11.0. The molecule has 3 rings (SSSR count). The molecule has 1 atom stereocenters. The topological polar surface area (TPSA) is 80.9 Å². The van der Waals surface area contributed by atoms with Crippen molar-refractivity contribution in [2.24, 2.45) is 0 Å². The first kappa shape index (κ1) is 14.5. The highest BCUT2D eigenvalue weighted by Gasteiger charge is 2.17. The molecule has 1 N–H and O–H groups in total. The Morgan fingerprint density at radius 3 is 2.68 bits per heavy atom. The van der Waals surface area contributed by atoms with Crippen LogP contribution in [0.5, 0.6) is 0 Å². The van der Waals surface area contributed by atoms with Gasteiger partial charge in [0.05, 0.1) is 17.3 Å². The van der Waals surface area contributed by atoms with E-state index in [4.69, 9.17) is 5.11 Å². The van der Waals surface area contributed by atoms with Crippen molar-refractivity contribution in [2.75, 3.05) is 0 Å². The van der Waals surface area contributed by atoms with Crippen molar-refractivity contribution in [2.45, 2.75) is 24.1 Å². The second-order valence-electron chi connectivity index (χ2n) is 4.91. The lowest BCUT2D eigenvalue weighted by Crippen LogP contribution is -2.11. The molecule has 22 heavy (non-hydrogen) atoms. The van der Waals surface area contributed by atoms with E-state index in [1.54, 1.807) is 17.8 Å². The van der Waals surface area contributed by atoms with Crippen molar-refractivity contribution in [3.8, 4) is 5.69 Å². The van der Waals surface area contributed by atoms with Crippen LogP contribution in [0.3, 0.4) is 0 Å². The first-order valence-electron chi connectivity index (χ1n) is 6.71. The number of thioether (sulfide) groups is 1. The Kier molecular flexibility index (Phi) is 3.81. The summed E-state index contributed by atoms with van der Waals surface area (Å²) in [7, 11) is 0. The zero-order chi connectivity index (χ0) is 15.7. The van der Waals surface area contributed by atoms with Crippen molar-refractivity contribution < 1.29 is 9.90 Å². The number of aryl methyl sites for hydroxylation is 1. The number of carboxylic acids is 1. The van der Waals surface area contributed by atoms with Crippen molar-refractivity contribution in [1.82, 2.24) is 19.7 Å². The van der Waals surface area contributed by atoms with Crippen LogP contribution >= 0.6 is 11.8 Å². The van der Waals surface area contributed by atoms with Crippen LogP contribution in [0, 0.1) is 6.92 Å². The first-order valence-corrected chi connectivity index (χ1v) is 7.59. The highest BCUT2D eigenvalue weighted by atomic mass is 32.2. The number of fused-ring (bicyclic) bond motifs is 1. The first-order chi connectivity index (χ1) is 10.6. The molecule has 2 aromatic heterocycles. The van der Waals surface area contributed by atoms with Crippen molar-refractivity contribution in [3.05, 3.63) is 42.4 Å². The third-order valence-electron chi connectivity index (χ3n) is 3.24. The fraction of sp³-hybridized carbons (Fsp3) is 0.200. The molecule has 0 saturated heterocycles. The normalized spacial score (nSPS) is 12.5. The molecule has 0 bridgehead atoms. The average molecular weight is 314 g/mol. The highest BCUT2D eigenvalue weighted by molar-refractivity contribution is 8.00.